The standard InChI is InChI=1S/C17H25NO3/c1-13(2)18(14(3)4)11-12-21-16-8-6-5-7-15(16)9-10-17(19)20/h5-10,13-14H,11-12H2,1-4H3,(H,19,20)/b10-9+. The van der Waals surface area contributed by atoms with E-state index in [4.69, 9.17) is 4.74 Å². The fourth-order valence-electron chi connectivity index (χ4n) is 2.43. The SMILES string of the molecule is CC(C)[NH+](CCOc1ccccc1/C=C/C(=O)[O-])C(C)C. The van der Waals surface area contributed by atoms with E-state index in [2.05, 4.69) is 27.7 Å². The Labute approximate surface area is 127 Å². The number of carboxylic acid groups (broad SMARTS) is 1. The van der Waals surface area contributed by atoms with Gasteiger partial charge in [-0.2, -0.15) is 0 Å². The molecule has 0 aliphatic rings. The van der Waals surface area contributed by atoms with Crippen LogP contribution >= 0.6 is 0 Å². The molecule has 1 rings (SSSR count). The molecule has 0 atom stereocenters. The van der Waals surface area contributed by atoms with Crippen molar-refractivity contribution < 1.29 is 19.5 Å². The minimum atomic E-state index is -1.21. The molecule has 0 heterocycles. The monoisotopic (exact) mass is 291 g/mol. The molecule has 0 aliphatic carbocycles. The van der Waals surface area contributed by atoms with E-state index in [9.17, 15) is 9.90 Å². The Morgan fingerprint density at radius 3 is 2.43 bits per heavy atom. The number of quaternary nitrogens is 1. The van der Waals surface area contributed by atoms with Crippen LogP contribution in [0.4, 0.5) is 0 Å². The lowest BCUT2D eigenvalue weighted by Gasteiger charge is -2.27. The van der Waals surface area contributed by atoms with Crippen LogP contribution in [-0.4, -0.2) is 31.2 Å². The lowest BCUT2D eigenvalue weighted by atomic mass is 10.2. The van der Waals surface area contributed by atoms with Crippen LogP contribution in [0.15, 0.2) is 30.3 Å². The molecule has 0 unspecified atom stereocenters. The number of benzene rings is 1. The molecule has 1 N–H and O–H groups in total. The minimum Gasteiger partial charge on any atom is -0.545 e. The zero-order valence-electron chi connectivity index (χ0n) is 13.3. The molecule has 0 fully saturated rings. The molecular formula is C17H25NO3. The Hall–Kier alpha value is -1.81. The summed E-state index contributed by atoms with van der Waals surface area (Å²) >= 11 is 0. The first-order valence-corrected chi connectivity index (χ1v) is 7.38. The molecule has 0 aromatic heterocycles. The number of para-hydroxylation sites is 1. The largest absolute Gasteiger partial charge is 0.545 e. The molecule has 0 aliphatic heterocycles. The molecule has 4 heteroatoms. The van der Waals surface area contributed by atoms with Crippen molar-refractivity contribution >= 4 is 12.0 Å². The molecule has 0 bridgehead atoms. The van der Waals surface area contributed by atoms with Gasteiger partial charge in [-0.05, 0) is 45.9 Å². The summed E-state index contributed by atoms with van der Waals surface area (Å²) in [5.74, 6) is -0.512. The third kappa shape index (κ3) is 6.00. The van der Waals surface area contributed by atoms with Gasteiger partial charge in [0.1, 0.15) is 18.9 Å². The predicted octanol–water partition coefficient (Wildman–Crippen LogP) is 0.530. The molecule has 0 saturated heterocycles. The predicted molar refractivity (Wildman–Crippen MR) is 82.1 cm³/mol. The van der Waals surface area contributed by atoms with Gasteiger partial charge in [0, 0.05) is 5.56 Å². The van der Waals surface area contributed by atoms with Crippen molar-refractivity contribution in [3.05, 3.63) is 35.9 Å². The Kier molecular flexibility index (Phi) is 6.96. The fourth-order valence-corrected chi connectivity index (χ4v) is 2.43. The van der Waals surface area contributed by atoms with Crippen molar-refractivity contribution in [3.8, 4) is 5.75 Å². The number of ether oxygens (including phenoxy) is 1. The first kappa shape index (κ1) is 17.2. The van der Waals surface area contributed by atoms with E-state index < -0.39 is 5.97 Å². The smallest absolute Gasteiger partial charge is 0.137 e. The van der Waals surface area contributed by atoms with E-state index in [0.29, 0.717) is 24.4 Å². The highest BCUT2D eigenvalue weighted by atomic mass is 16.5. The first-order chi connectivity index (χ1) is 9.91. The highest BCUT2D eigenvalue weighted by Gasteiger charge is 2.16. The molecule has 4 nitrogen and oxygen atoms in total. The third-order valence-electron chi connectivity index (χ3n) is 3.45. The number of nitrogens with one attached hydrogen (secondary N) is 1. The van der Waals surface area contributed by atoms with Crippen molar-refractivity contribution in [3.63, 3.8) is 0 Å². The summed E-state index contributed by atoms with van der Waals surface area (Å²) in [4.78, 5) is 12.0. The van der Waals surface area contributed by atoms with Crippen LogP contribution in [0.1, 0.15) is 33.3 Å². The van der Waals surface area contributed by atoms with Gasteiger partial charge in [-0.3, -0.25) is 0 Å². The van der Waals surface area contributed by atoms with Crippen LogP contribution in [0.5, 0.6) is 5.75 Å². The summed E-state index contributed by atoms with van der Waals surface area (Å²) < 4.78 is 5.81. The van der Waals surface area contributed by atoms with Gasteiger partial charge in [0.25, 0.3) is 0 Å². The van der Waals surface area contributed by atoms with Crippen LogP contribution in [0, 0.1) is 0 Å². The summed E-state index contributed by atoms with van der Waals surface area (Å²) in [6.45, 7) is 10.3. The molecule has 1 aromatic rings. The first-order valence-electron chi connectivity index (χ1n) is 7.38. The summed E-state index contributed by atoms with van der Waals surface area (Å²) in [6.07, 6.45) is 2.52. The summed E-state index contributed by atoms with van der Waals surface area (Å²) in [5, 5.41) is 10.5. The highest BCUT2D eigenvalue weighted by Crippen LogP contribution is 2.19. The van der Waals surface area contributed by atoms with E-state index in [1.54, 1.807) is 0 Å². The van der Waals surface area contributed by atoms with E-state index in [1.165, 1.54) is 11.0 Å². The zero-order valence-corrected chi connectivity index (χ0v) is 13.3. The number of aliphatic carboxylic acids is 1. The number of carbonyl (C=O) groups excluding carboxylic acids is 1. The lowest BCUT2D eigenvalue weighted by Crippen LogP contribution is -3.18. The second-order valence-electron chi connectivity index (χ2n) is 5.67. The summed E-state index contributed by atoms with van der Waals surface area (Å²) in [6, 6.07) is 8.48. The normalized spacial score (nSPS) is 11.8. The summed E-state index contributed by atoms with van der Waals surface area (Å²) in [5.41, 5.74) is 0.748. The van der Waals surface area contributed by atoms with Gasteiger partial charge in [-0.15, -0.1) is 0 Å². The topological polar surface area (TPSA) is 53.8 Å². The van der Waals surface area contributed by atoms with Crippen LogP contribution in [0.3, 0.4) is 0 Å². The van der Waals surface area contributed by atoms with E-state index >= 15 is 0 Å². The second kappa shape index (κ2) is 8.47. The molecular weight excluding hydrogens is 266 g/mol. The van der Waals surface area contributed by atoms with Crippen molar-refractivity contribution in [2.24, 2.45) is 0 Å². The molecule has 1 aromatic carbocycles. The average Bonchev–Trinajstić information content (AvgIpc) is 2.41. The molecule has 0 radical (unpaired) electrons. The zero-order chi connectivity index (χ0) is 15.8. The summed E-state index contributed by atoms with van der Waals surface area (Å²) in [7, 11) is 0. The molecule has 0 amide bonds. The van der Waals surface area contributed by atoms with Gasteiger partial charge < -0.3 is 19.5 Å². The van der Waals surface area contributed by atoms with Crippen molar-refractivity contribution in [1.82, 2.24) is 0 Å². The maximum absolute atomic E-state index is 10.5. The van der Waals surface area contributed by atoms with Gasteiger partial charge in [0.05, 0.1) is 18.1 Å². The van der Waals surface area contributed by atoms with E-state index in [1.807, 2.05) is 24.3 Å². The fraction of sp³-hybridized carbons (Fsp3) is 0.471. The maximum Gasteiger partial charge on any atom is 0.137 e. The van der Waals surface area contributed by atoms with Crippen LogP contribution < -0.4 is 14.7 Å². The number of hydrogen-bond acceptors (Lipinski definition) is 3. The van der Waals surface area contributed by atoms with Crippen molar-refractivity contribution in [1.29, 1.82) is 0 Å². The lowest BCUT2D eigenvalue weighted by molar-refractivity contribution is -0.942. The van der Waals surface area contributed by atoms with Gasteiger partial charge in [0.2, 0.25) is 0 Å². The number of hydrogen-bond donors (Lipinski definition) is 1. The Morgan fingerprint density at radius 2 is 1.86 bits per heavy atom. The van der Waals surface area contributed by atoms with Gasteiger partial charge in [-0.25, -0.2) is 0 Å². The molecule has 0 saturated carbocycles. The molecule has 0 spiro atoms. The molecule has 116 valence electrons. The maximum atomic E-state index is 10.5. The van der Waals surface area contributed by atoms with Crippen LogP contribution in [-0.2, 0) is 4.79 Å². The Morgan fingerprint density at radius 1 is 1.24 bits per heavy atom. The van der Waals surface area contributed by atoms with Gasteiger partial charge in [-0.1, -0.05) is 18.2 Å². The van der Waals surface area contributed by atoms with E-state index in [-0.39, 0.29) is 0 Å². The molecule has 21 heavy (non-hydrogen) atoms. The Balaban J connectivity index is 2.65. The van der Waals surface area contributed by atoms with Crippen molar-refractivity contribution in [2.75, 3.05) is 13.2 Å². The van der Waals surface area contributed by atoms with Gasteiger partial charge in [0.15, 0.2) is 0 Å². The number of carbonyl (C=O) groups is 1. The third-order valence-corrected chi connectivity index (χ3v) is 3.45. The highest BCUT2D eigenvalue weighted by molar-refractivity contribution is 5.84. The minimum absolute atomic E-state index is 0.543. The quantitative estimate of drug-likeness (QED) is 0.711. The average molecular weight is 291 g/mol. The van der Waals surface area contributed by atoms with E-state index in [0.717, 1.165) is 18.2 Å². The van der Waals surface area contributed by atoms with Gasteiger partial charge >= 0.3 is 0 Å². The number of carboxylic acids is 1. The van der Waals surface area contributed by atoms with Crippen LogP contribution in [0.25, 0.3) is 6.08 Å². The van der Waals surface area contributed by atoms with Crippen molar-refractivity contribution in [2.45, 2.75) is 39.8 Å². The van der Waals surface area contributed by atoms with Crippen LogP contribution in [0.2, 0.25) is 0 Å². The Bertz CT molecular complexity index is 473. The number of rotatable bonds is 8. The second-order valence-corrected chi connectivity index (χ2v) is 5.67.